The van der Waals surface area contributed by atoms with E-state index in [4.69, 9.17) is 11.6 Å². The minimum absolute atomic E-state index is 0.0129. The van der Waals surface area contributed by atoms with Gasteiger partial charge in [-0.1, -0.05) is 11.6 Å². The average Bonchev–Trinajstić information content (AvgIpc) is 3.04. The Balaban J connectivity index is 1.77. The number of hydrogen-bond acceptors (Lipinski definition) is 3. The van der Waals surface area contributed by atoms with Crippen LogP contribution in [0.4, 0.5) is 0 Å². The molecule has 0 saturated carbocycles. The second-order valence-electron chi connectivity index (χ2n) is 5.43. The van der Waals surface area contributed by atoms with Crippen molar-refractivity contribution in [3.8, 4) is 0 Å². The number of aromatic amines is 1. The molecule has 2 aromatic heterocycles. The van der Waals surface area contributed by atoms with Crippen molar-refractivity contribution in [3.63, 3.8) is 0 Å². The summed E-state index contributed by atoms with van der Waals surface area (Å²) in [5, 5.41) is 4.99. The number of halogens is 1. The summed E-state index contributed by atoms with van der Waals surface area (Å²) < 4.78 is 1.94. The number of amides is 1. The molecular formula is C14H18ClN5O. The summed E-state index contributed by atoms with van der Waals surface area (Å²) in [6, 6.07) is 1.85. The number of nitrogens with zero attached hydrogens (tertiary/aromatic N) is 4. The van der Waals surface area contributed by atoms with Crippen molar-refractivity contribution in [1.82, 2.24) is 24.6 Å². The van der Waals surface area contributed by atoms with Crippen molar-refractivity contribution in [2.45, 2.75) is 32.7 Å². The molecule has 0 unspecified atom stereocenters. The van der Waals surface area contributed by atoms with Crippen LogP contribution in [0.1, 0.15) is 41.0 Å². The Labute approximate surface area is 128 Å². The molecule has 0 radical (unpaired) electrons. The molecule has 1 saturated heterocycles. The molecule has 1 aliphatic rings. The standard InChI is InChI=1S/C14H18ClN5O/c1-9-17-10(2)20(18-9)12-4-3-5-19(8-12)14(21)13-6-11(15)7-16-13/h6-7,12,16H,3-5,8H2,1-2H3/t12-/m1/s1. The van der Waals surface area contributed by atoms with Crippen molar-refractivity contribution in [2.24, 2.45) is 0 Å². The summed E-state index contributed by atoms with van der Waals surface area (Å²) in [5.74, 6) is 1.66. The highest BCUT2D eigenvalue weighted by Gasteiger charge is 2.27. The molecule has 0 aromatic carbocycles. The molecule has 1 atom stereocenters. The van der Waals surface area contributed by atoms with Gasteiger partial charge in [0.2, 0.25) is 0 Å². The first kappa shape index (κ1) is 14.1. The molecule has 0 spiro atoms. The fourth-order valence-electron chi connectivity index (χ4n) is 2.88. The highest BCUT2D eigenvalue weighted by atomic mass is 35.5. The number of nitrogens with one attached hydrogen (secondary N) is 1. The maximum absolute atomic E-state index is 12.5. The van der Waals surface area contributed by atoms with Gasteiger partial charge >= 0.3 is 0 Å². The van der Waals surface area contributed by atoms with E-state index in [1.165, 1.54) is 0 Å². The molecule has 1 aliphatic heterocycles. The van der Waals surface area contributed by atoms with Crippen LogP contribution in [0.3, 0.4) is 0 Å². The number of carbonyl (C=O) groups excluding carboxylic acids is 1. The van der Waals surface area contributed by atoms with Crippen LogP contribution >= 0.6 is 11.6 Å². The van der Waals surface area contributed by atoms with E-state index < -0.39 is 0 Å². The van der Waals surface area contributed by atoms with Gasteiger partial charge in [0.05, 0.1) is 11.1 Å². The van der Waals surface area contributed by atoms with Crippen LogP contribution in [0.2, 0.25) is 5.02 Å². The van der Waals surface area contributed by atoms with Crippen LogP contribution in [-0.4, -0.2) is 43.6 Å². The molecule has 112 valence electrons. The van der Waals surface area contributed by atoms with Crippen LogP contribution < -0.4 is 0 Å². The van der Waals surface area contributed by atoms with E-state index in [2.05, 4.69) is 15.1 Å². The number of H-pyrrole nitrogens is 1. The third-order valence-electron chi connectivity index (χ3n) is 3.82. The predicted molar refractivity (Wildman–Crippen MR) is 79.5 cm³/mol. The lowest BCUT2D eigenvalue weighted by Gasteiger charge is -2.32. The van der Waals surface area contributed by atoms with E-state index in [-0.39, 0.29) is 11.9 Å². The largest absolute Gasteiger partial charge is 0.356 e. The van der Waals surface area contributed by atoms with Crippen LogP contribution in [0, 0.1) is 13.8 Å². The van der Waals surface area contributed by atoms with Crippen molar-refractivity contribution in [2.75, 3.05) is 13.1 Å². The average molecular weight is 308 g/mol. The van der Waals surface area contributed by atoms with Gasteiger partial charge in [0.25, 0.3) is 5.91 Å². The van der Waals surface area contributed by atoms with Gasteiger partial charge in [0.15, 0.2) is 0 Å². The monoisotopic (exact) mass is 307 g/mol. The Morgan fingerprint density at radius 1 is 1.48 bits per heavy atom. The topological polar surface area (TPSA) is 66.8 Å². The fourth-order valence-corrected chi connectivity index (χ4v) is 3.05. The van der Waals surface area contributed by atoms with Crippen LogP contribution in [-0.2, 0) is 0 Å². The van der Waals surface area contributed by atoms with Crippen molar-refractivity contribution < 1.29 is 4.79 Å². The number of carbonyl (C=O) groups is 1. The lowest BCUT2D eigenvalue weighted by Crippen LogP contribution is -2.41. The van der Waals surface area contributed by atoms with Crippen LogP contribution in [0.5, 0.6) is 0 Å². The summed E-state index contributed by atoms with van der Waals surface area (Å²) in [5.41, 5.74) is 0.534. The minimum atomic E-state index is -0.0129. The van der Waals surface area contributed by atoms with Crippen LogP contribution in [0.15, 0.2) is 12.3 Å². The first-order chi connectivity index (χ1) is 10.0. The van der Waals surface area contributed by atoms with Gasteiger partial charge in [-0.05, 0) is 32.8 Å². The fraction of sp³-hybridized carbons (Fsp3) is 0.500. The molecular weight excluding hydrogens is 290 g/mol. The third kappa shape index (κ3) is 2.81. The molecule has 0 bridgehead atoms. The zero-order valence-electron chi connectivity index (χ0n) is 12.1. The number of hydrogen-bond donors (Lipinski definition) is 1. The van der Waals surface area contributed by atoms with Gasteiger partial charge in [-0.2, -0.15) is 5.10 Å². The second kappa shape index (κ2) is 5.52. The highest BCUT2D eigenvalue weighted by molar-refractivity contribution is 6.30. The highest BCUT2D eigenvalue weighted by Crippen LogP contribution is 2.23. The Bertz CT molecular complexity index is 662. The van der Waals surface area contributed by atoms with Crippen molar-refractivity contribution in [3.05, 3.63) is 34.6 Å². The maximum Gasteiger partial charge on any atom is 0.270 e. The zero-order valence-corrected chi connectivity index (χ0v) is 12.9. The van der Waals surface area contributed by atoms with Gasteiger partial charge in [-0.25, -0.2) is 9.67 Å². The number of piperidine rings is 1. The molecule has 6 nitrogen and oxygen atoms in total. The molecule has 3 rings (SSSR count). The van der Waals surface area contributed by atoms with Gasteiger partial charge in [-0.3, -0.25) is 4.79 Å². The van der Waals surface area contributed by atoms with Crippen molar-refractivity contribution in [1.29, 1.82) is 0 Å². The number of aryl methyl sites for hydroxylation is 2. The first-order valence-corrected chi connectivity index (χ1v) is 7.45. The van der Waals surface area contributed by atoms with Gasteiger partial charge < -0.3 is 9.88 Å². The Hall–Kier alpha value is -1.82. The lowest BCUT2D eigenvalue weighted by molar-refractivity contribution is 0.0666. The molecule has 2 aromatic rings. The molecule has 7 heteroatoms. The van der Waals surface area contributed by atoms with Crippen LogP contribution in [0.25, 0.3) is 0 Å². The summed E-state index contributed by atoms with van der Waals surface area (Å²) in [4.78, 5) is 21.6. The van der Waals surface area contributed by atoms with Gasteiger partial charge in [0, 0.05) is 19.3 Å². The second-order valence-corrected chi connectivity index (χ2v) is 5.87. The summed E-state index contributed by atoms with van der Waals surface area (Å²) >= 11 is 5.87. The van der Waals surface area contributed by atoms with Gasteiger partial charge in [0.1, 0.15) is 17.3 Å². The third-order valence-corrected chi connectivity index (χ3v) is 4.03. The molecule has 3 heterocycles. The van der Waals surface area contributed by atoms with E-state index in [1.54, 1.807) is 12.3 Å². The Morgan fingerprint density at radius 3 is 2.90 bits per heavy atom. The van der Waals surface area contributed by atoms with E-state index in [0.29, 0.717) is 17.3 Å². The molecule has 21 heavy (non-hydrogen) atoms. The molecule has 1 amide bonds. The molecule has 0 aliphatic carbocycles. The quantitative estimate of drug-likeness (QED) is 0.926. The first-order valence-electron chi connectivity index (χ1n) is 7.07. The van der Waals surface area contributed by atoms with E-state index in [0.717, 1.165) is 31.0 Å². The van der Waals surface area contributed by atoms with Crippen molar-refractivity contribution >= 4 is 17.5 Å². The lowest BCUT2D eigenvalue weighted by atomic mass is 10.1. The number of aromatic nitrogens is 4. The van der Waals surface area contributed by atoms with E-state index in [1.807, 2.05) is 23.4 Å². The Kier molecular flexibility index (Phi) is 3.71. The SMILES string of the molecule is Cc1nc(C)n([C@@H]2CCCN(C(=O)c3cc(Cl)c[nH]3)C2)n1. The maximum atomic E-state index is 12.5. The molecule has 1 fully saturated rings. The summed E-state index contributed by atoms with van der Waals surface area (Å²) in [7, 11) is 0. The Morgan fingerprint density at radius 2 is 2.29 bits per heavy atom. The van der Waals surface area contributed by atoms with E-state index >= 15 is 0 Å². The van der Waals surface area contributed by atoms with E-state index in [9.17, 15) is 4.79 Å². The smallest absolute Gasteiger partial charge is 0.270 e. The van der Waals surface area contributed by atoms with Gasteiger partial charge in [-0.15, -0.1) is 0 Å². The normalized spacial score (nSPS) is 19.0. The predicted octanol–water partition coefficient (Wildman–Crippen LogP) is 2.35. The number of rotatable bonds is 2. The number of likely N-dealkylation sites (tertiary alicyclic amines) is 1. The zero-order chi connectivity index (χ0) is 15.0. The molecule has 1 N–H and O–H groups in total. The summed E-state index contributed by atoms with van der Waals surface area (Å²) in [6.07, 6.45) is 3.60. The minimum Gasteiger partial charge on any atom is -0.356 e. The summed E-state index contributed by atoms with van der Waals surface area (Å²) in [6.45, 7) is 5.25.